The Bertz CT molecular complexity index is 326. The number of nitrogen functional groups attached to an aromatic ring is 1. The molecule has 0 saturated carbocycles. The molecule has 3 nitrogen and oxygen atoms in total. The monoisotopic (exact) mass is 210 g/mol. The van der Waals surface area contributed by atoms with Gasteiger partial charge < -0.3 is 10.5 Å². The van der Waals surface area contributed by atoms with Crippen LogP contribution in [0.1, 0.15) is 12.1 Å². The minimum absolute atomic E-state index is 0.574. The van der Waals surface area contributed by atoms with Gasteiger partial charge in [0.25, 0.3) is 0 Å². The molecular formula is C10H14N2OS. The maximum Gasteiger partial charge on any atom is 0.213 e. The summed E-state index contributed by atoms with van der Waals surface area (Å²) < 4.78 is 5.00. The van der Waals surface area contributed by atoms with Crippen molar-refractivity contribution >= 4 is 24.4 Å². The van der Waals surface area contributed by atoms with Gasteiger partial charge in [0, 0.05) is 6.07 Å². The van der Waals surface area contributed by atoms with Crippen LogP contribution in [0.25, 0.3) is 6.08 Å². The molecule has 0 bridgehead atoms. The Hall–Kier alpha value is -1.16. The summed E-state index contributed by atoms with van der Waals surface area (Å²) in [6.07, 6.45) is 4.78. The van der Waals surface area contributed by atoms with Crippen molar-refractivity contribution in [1.82, 2.24) is 4.98 Å². The number of hydrogen-bond donors (Lipinski definition) is 2. The number of allylic oxidation sites excluding steroid dienone is 1. The maximum atomic E-state index is 5.74. The van der Waals surface area contributed by atoms with Gasteiger partial charge in [-0.2, -0.15) is 12.6 Å². The predicted octanol–water partition coefficient (Wildman–Crippen LogP) is 2.01. The van der Waals surface area contributed by atoms with Crippen molar-refractivity contribution in [1.29, 1.82) is 0 Å². The summed E-state index contributed by atoms with van der Waals surface area (Å²) in [6, 6.07) is 3.53. The van der Waals surface area contributed by atoms with Gasteiger partial charge in [-0.1, -0.05) is 6.08 Å². The van der Waals surface area contributed by atoms with E-state index in [2.05, 4.69) is 17.6 Å². The first-order chi connectivity index (χ1) is 6.77. The Morgan fingerprint density at radius 1 is 1.57 bits per heavy atom. The van der Waals surface area contributed by atoms with Crippen LogP contribution >= 0.6 is 12.6 Å². The normalized spacial score (nSPS) is 10.7. The van der Waals surface area contributed by atoms with Crippen molar-refractivity contribution in [3.05, 3.63) is 23.9 Å². The molecular weight excluding hydrogens is 196 g/mol. The summed E-state index contributed by atoms with van der Waals surface area (Å²) in [4.78, 5) is 4.20. The molecule has 0 spiro atoms. The van der Waals surface area contributed by atoms with Gasteiger partial charge in [-0.15, -0.1) is 0 Å². The molecule has 1 rings (SSSR count). The molecule has 0 fully saturated rings. The Labute approximate surface area is 89.4 Å². The highest BCUT2D eigenvalue weighted by atomic mass is 32.1. The molecule has 0 saturated heterocycles. The average molecular weight is 210 g/mol. The van der Waals surface area contributed by atoms with E-state index in [4.69, 9.17) is 10.5 Å². The molecule has 14 heavy (non-hydrogen) atoms. The number of nitrogens with two attached hydrogens (primary N) is 1. The fourth-order valence-electron chi connectivity index (χ4n) is 0.984. The Kier molecular flexibility index (Phi) is 4.32. The minimum atomic E-state index is 0.574. The van der Waals surface area contributed by atoms with Crippen LogP contribution < -0.4 is 10.5 Å². The SMILES string of the molecule is COc1ccc(N)c(C=CCCS)n1. The Morgan fingerprint density at radius 3 is 3.00 bits per heavy atom. The van der Waals surface area contributed by atoms with E-state index in [1.165, 1.54) is 0 Å². The highest BCUT2D eigenvalue weighted by Gasteiger charge is 1.98. The van der Waals surface area contributed by atoms with Gasteiger partial charge >= 0.3 is 0 Å². The van der Waals surface area contributed by atoms with Crippen molar-refractivity contribution in [2.24, 2.45) is 0 Å². The summed E-state index contributed by atoms with van der Waals surface area (Å²) in [5.74, 6) is 1.39. The lowest BCUT2D eigenvalue weighted by molar-refractivity contribution is 0.398. The number of anilines is 1. The van der Waals surface area contributed by atoms with Crippen LogP contribution in [0.4, 0.5) is 5.69 Å². The summed E-state index contributed by atoms with van der Waals surface area (Å²) in [7, 11) is 1.58. The summed E-state index contributed by atoms with van der Waals surface area (Å²) in [5, 5.41) is 0. The lowest BCUT2D eigenvalue weighted by Gasteiger charge is -2.02. The third kappa shape index (κ3) is 2.96. The molecule has 1 heterocycles. The van der Waals surface area contributed by atoms with Gasteiger partial charge in [-0.25, -0.2) is 4.98 Å². The van der Waals surface area contributed by atoms with Crippen LogP contribution in [0.15, 0.2) is 18.2 Å². The Morgan fingerprint density at radius 2 is 2.36 bits per heavy atom. The van der Waals surface area contributed by atoms with Gasteiger partial charge in [-0.05, 0) is 24.3 Å². The number of rotatable bonds is 4. The van der Waals surface area contributed by atoms with E-state index in [1.54, 1.807) is 19.2 Å². The second kappa shape index (κ2) is 5.54. The molecule has 4 heteroatoms. The number of aromatic nitrogens is 1. The maximum absolute atomic E-state index is 5.74. The molecule has 1 aromatic heterocycles. The van der Waals surface area contributed by atoms with E-state index in [0.717, 1.165) is 17.9 Å². The molecule has 0 aliphatic heterocycles. The molecule has 0 aliphatic rings. The van der Waals surface area contributed by atoms with Crippen LogP contribution in [0.5, 0.6) is 5.88 Å². The first-order valence-corrected chi connectivity index (χ1v) is 4.99. The third-order valence-electron chi connectivity index (χ3n) is 1.71. The van der Waals surface area contributed by atoms with Gasteiger partial charge in [-0.3, -0.25) is 0 Å². The number of ether oxygens (including phenoxy) is 1. The van der Waals surface area contributed by atoms with Gasteiger partial charge in [0.15, 0.2) is 0 Å². The van der Waals surface area contributed by atoms with Crippen LogP contribution in [0, 0.1) is 0 Å². The Balaban J connectivity index is 2.83. The third-order valence-corrected chi connectivity index (χ3v) is 1.97. The molecule has 0 aromatic carbocycles. The van der Waals surface area contributed by atoms with Gasteiger partial charge in [0.2, 0.25) is 5.88 Å². The second-order valence-corrected chi connectivity index (χ2v) is 3.19. The average Bonchev–Trinajstić information content (AvgIpc) is 2.21. The van der Waals surface area contributed by atoms with E-state index in [1.807, 2.05) is 12.2 Å². The first kappa shape index (κ1) is 10.9. The van der Waals surface area contributed by atoms with Crippen molar-refractivity contribution in [2.75, 3.05) is 18.6 Å². The van der Waals surface area contributed by atoms with E-state index >= 15 is 0 Å². The topological polar surface area (TPSA) is 48.1 Å². The highest BCUT2D eigenvalue weighted by molar-refractivity contribution is 7.80. The molecule has 0 atom stereocenters. The van der Waals surface area contributed by atoms with Crippen LogP contribution in [-0.2, 0) is 0 Å². The van der Waals surface area contributed by atoms with Crippen LogP contribution in [-0.4, -0.2) is 17.8 Å². The fraction of sp³-hybridized carbons (Fsp3) is 0.300. The zero-order valence-electron chi connectivity index (χ0n) is 8.10. The number of nitrogens with zero attached hydrogens (tertiary/aromatic N) is 1. The summed E-state index contributed by atoms with van der Waals surface area (Å²) >= 11 is 4.10. The van der Waals surface area contributed by atoms with Crippen molar-refractivity contribution in [2.45, 2.75) is 6.42 Å². The van der Waals surface area contributed by atoms with Gasteiger partial charge in [0.05, 0.1) is 18.5 Å². The van der Waals surface area contributed by atoms with Gasteiger partial charge in [0.1, 0.15) is 0 Å². The fourth-order valence-corrected chi connectivity index (χ4v) is 1.13. The predicted molar refractivity (Wildman–Crippen MR) is 62.7 cm³/mol. The smallest absolute Gasteiger partial charge is 0.213 e. The molecule has 0 aliphatic carbocycles. The van der Waals surface area contributed by atoms with Crippen molar-refractivity contribution in [3.8, 4) is 5.88 Å². The molecule has 76 valence electrons. The summed E-state index contributed by atoms with van der Waals surface area (Å²) in [6.45, 7) is 0. The number of hydrogen-bond acceptors (Lipinski definition) is 4. The van der Waals surface area contributed by atoms with Crippen molar-refractivity contribution in [3.63, 3.8) is 0 Å². The van der Waals surface area contributed by atoms with Crippen LogP contribution in [0.2, 0.25) is 0 Å². The van der Waals surface area contributed by atoms with Crippen LogP contribution in [0.3, 0.4) is 0 Å². The molecule has 2 N–H and O–H groups in total. The van der Waals surface area contributed by atoms with Crippen molar-refractivity contribution < 1.29 is 4.74 Å². The minimum Gasteiger partial charge on any atom is -0.481 e. The standard InChI is InChI=1S/C10H14N2OS/c1-13-10-6-5-8(11)9(12-10)4-2-3-7-14/h2,4-6,14H,3,7,11H2,1H3. The molecule has 0 unspecified atom stereocenters. The second-order valence-electron chi connectivity index (χ2n) is 2.74. The first-order valence-electron chi connectivity index (χ1n) is 4.36. The zero-order chi connectivity index (χ0) is 10.4. The van der Waals surface area contributed by atoms with E-state index in [-0.39, 0.29) is 0 Å². The lowest BCUT2D eigenvalue weighted by atomic mass is 10.2. The highest BCUT2D eigenvalue weighted by Crippen LogP contribution is 2.16. The number of pyridine rings is 1. The quantitative estimate of drug-likeness (QED) is 0.747. The number of thiol groups is 1. The molecule has 0 radical (unpaired) electrons. The lowest BCUT2D eigenvalue weighted by Crippen LogP contribution is -1.95. The van der Waals surface area contributed by atoms with E-state index in [9.17, 15) is 0 Å². The zero-order valence-corrected chi connectivity index (χ0v) is 9.00. The largest absolute Gasteiger partial charge is 0.481 e. The number of methoxy groups -OCH3 is 1. The molecule has 0 amide bonds. The molecule has 1 aromatic rings. The van der Waals surface area contributed by atoms with E-state index < -0.39 is 0 Å². The van der Waals surface area contributed by atoms with E-state index in [0.29, 0.717) is 11.6 Å². The summed E-state index contributed by atoms with van der Waals surface area (Å²) in [5.41, 5.74) is 7.13.